The first-order valence-electron chi connectivity index (χ1n) is 6.78. The molecule has 0 amide bonds. The molecule has 1 fully saturated rings. The van der Waals surface area contributed by atoms with E-state index in [2.05, 4.69) is 41.1 Å². The Morgan fingerprint density at radius 3 is 3.22 bits per heavy atom. The van der Waals surface area contributed by atoms with Crippen molar-refractivity contribution in [3.63, 3.8) is 0 Å². The zero-order valence-corrected chi connectivity index (χ0v) is 10.9. The summed E-state index contributed by atoms with van der Waals surface area (Å²) < 4.78 is 5.96. The summed E-state index contributed by atoms with van der Waals surface area (Å²) >= 11 is 0. The number of aromatic nitrogens is 1. The number of fused-ring (bicyclic) bond motifs is 1. The van der Waals surface area contributed by atoms with Gasteiger partial charge in [0, 0.05) is 30.2 Å². The number of aromatic amines is 1. The van der Waals surface area contributed by atoms with Gasteiger partial charge in [0.25, 0.3) is 0 Å². The van der Waals surface area contributed by atoms with Gasteiger partial charge in [-0.3, -0.25) is 4.90 Å². The van der Waals surface area contributed by atoms with E-state index in [1.165, 1.54) is 29.4 Å². The van der Waals surface area contributed by atoms with Crippen LogP contribution in [0.2, 0.25) is 0 Å². The smallest absolute Gasteiger partial charge is 0.0958 e. The molecule has 0 bridgehead atoms. The second-order valence-electron chi connectivity index (χ2n) is 4.95. The molecule has 1 unspecified atom stereocenters. The summed E-state index contributed by atoms with van der Waals surface area (Å²) in [6.45, 7) is 6.32. The minimum atomic E-state index is 0.213. The van der Waals surface area contributed by atoms with Crippen LogP contribution in [0.5, 0.6) is 0 Å². The lowest BCUT2D eigenvalue weighted by Gasteiger charge is -2.33. The van der Waals surface area contributed by atoms with E-state index in [0.29, 0.717) is 0 Å². The lowest BCUT2D eigenvalue weighted by Crippen LogP contribution is -2.38. The third-order valence-electron chi connectivity index (χ3n) is 3.67. The van der Waals surface area contributed by atoms with Gasteiger partial charge in [-0.1, -0.05) is 19.1 Å². The van der Waals surface area contributed by atoms with Crippen molar-refractivity contribution in [2.75, 3.05) is 26.2 Å². The molecule has 0 saturated carbocycles. The Kier molecular flexibility index (Phi) is 3.35. The molecule has 0 radical (unpaired) electrons. The van der Waals surface area contributed by atoms with Gasteiger partial charge in [-0.05, 0) is 30.7 Å². The van der Waals surface area contributed by atoms with Crippen LogP contribution in [0, 0.1) is 0 Å². The van der Waals surface area contributed by atoms with E-state index in [0.717, 1.165) is 19.7 Å². The van der Waals surface area contributed by atoms with Gasteiger partial charge >= 0.3 is 0 Å². The quantitative estimate of drug-likeness (QED) is 0.899. The second-order valence-corrected chi connectivity index (χ2v) is 4.95. The molecule has 1 aliphatic rings. The molecule has 1 aliphatic heterocycles. The molecule has 2 aromatic rings. The van der Waals surface area contributed by atoms with E-state index in [4.69, 9.17) is 4.74 Å². The SMILES string of the molecule is CCCN1CCOC(c2cccc3[nH]ccc23)C1. The molecule has 1 aromatic heterocycles. The zero-order valence-electron chi connectivity index (χ0n) is 10.9. The van der Waals surface area contributed by atoms with Gasteiger partial charge in [-0.15, -0.1) is 0 Å². The summed E-state index contributed by atoms with van der Waals surface area (Å²) in [6.07, 6.45) is 3.42. The number of nitrogens with zero attached hydrogens (tertiary/aromatic N) is 1. The van der Waals surface area contributed by atoms with Gasteiger partial charge in [0.1, 0.15) is 0 Å². The van der Waals surface area contributed by atoms with Crippen LogP contribution in [-0.4, -0.2) is 36.1 Å². The predicted molar refractivity (Wildman–Crippen MR) is 73.7 cm³/mol. The zero-order chi connectivity index (χ0) is 12.4. The van der Waals surface area contributed by atoms with Crippen molar-refractivity contribution < 1.29 is 4.74 Å². The van der Waals surface area contributed by atoms with Gasteiger partial charge in [-0.25, -0.2) is 0 Å². The van der Waals surface area contributed by atoms with Gasteiger partial charge < -0.3 is 9.72 Å². The van der Waals surface area contributed by atoms with Gasteiger partial charge in [0.2, 0.25) is 0 Å². The van der Waals surface area contributed by atoms with Crippen molar-refractivity contribution in [1.82, 2.24) is 9.88 Å². The van der Waals surface area contributed by atoms with Gasteiger partial charge in [0.15, 0.2) is 0 Å². The third-order valence-corrected chi connectivity index (χ3v) is 3.67. The number of nitrogens with one attached hydrogen (secondary N) is 1. The minimum absolute atomic E-state index is 0.213. The Hall–Kier alpha value is -1.32. The number of morpholine rings is 1. The summed E-state index contributed by atoms with van der Waals surface area (Å²) in [5, 5.41) is 1.29. The van der Waals surface area contributed by atoms with Gasteiger partial charge in [0.05, 0.1) is 12.7 Å². The number of H-pyrrole nitrogens is 1. The first-order valence-corrected chi connectivity index (χ1v) is 6.78. The topological polar surface area (TPSA) is 28.3 Å². The van der Waals surface area contributed by atoms with Crippen LogP contribution in [0.1, 0.15) is 25.0 Å². The van der Waals surface area contributed by atoms with Crippen LogP contribution in [0.4, 0.5) is 0 Å². The normalized spacial score (nSPS) is 21.5. The van der Waals surface area contributed by atoms with Crippen LogP contribution >= 0.6 is 0 Å². The summed E-state index contributed by atoms with van der Waals surface area (Å²) in [6, 6.07) is 8.56. The van der Waals surface area contributed by atoms with E-state index in [9.17, 15) is 0 Å². The van der Waals surface area contributed by atoms with E-state index in [1.54, 1.807) is 0 Å². The average molecular weight is 244 g/mol. The van der Waals surface area contributed by atoms with Crippen molar-refractivity contribution in [2.45, 2.75) is 19.4 Å². The largest absolute Gasteiger partial charge is 0.371 e. The Morgan fingerprint density at radius 1 is 1.39 bits per heavy atom. The van der Waals surface area contributed by atoms with E-state index >= 15 is 0 Å². The maximum Gasteiger partial charge on any atom is 0.0958 e. The standard InChI is InChI=1S/C15H20N2O/c1-2-8-17-9-10-18-15(11-17)13-4-3-5-14-12(13)6-7-16-14/h3-7,15-16H,2,8-11H2,1H3. The monoisotopic (exact) mass is 244 g/mol. The highest BCUT2D eigenvalue weighted by atomic mass is 16.5. The van der Waals surface area contributed by atoms with Crippen LogP contribution in [0.25, 0.3) is 10.9 Å². The number of ether oxygens (including phenoxy) is 1. The molecule has 0 aliphatic carbocycles. The van der Waals surface area contributed by atoms with Crippen molar-refractivity contribution in [3.8, 4) is 0 Å². The molecule has 1 N–H and O–H groups in total. The maximum absolute atomic E-state index is 5.96. The molecular weight excluding hydrogens is 224 g/mol. The summed E-state index contributed by atoms with van der Waals surface area (Å²) in [5.74, 6) is 0. The molecule has 18 heavy (non-hydrogen) atoms. The van der Waals surface area contributed by atoms with Crippen molar-refractivity contribution in [3.05, 3.63) is 36.0 Å². The molecule has 3 heteroatoms. The first kappa shape index (κ1) is 11.8. The van der Waals surface area contributed by atoms with Crippen LogP contribution < -0.4 is 0 Å². The van der Waals surface area contributed by atoms with Gasteiger partial charge in [-0.2, -0.15) is 0 Å². The first-order chi connectivity index (χ1) is 8.88. The van der Waals surface area contributed by atoms with Crippen LogP contribution in [0.3, 0.4) is 0 Å². The van der Waals surface area contributed by atoms with E-state index < -0.39 is 0 Å². The molecule has 1 atom stereocenters. The fourth-order valence-electron chi connectivity index (χ4n) is 2.80. The Balaban J connectivity index is 1.87. The highest BCUT2D eigenvalue weighted by molar-refractivity contribution is 5.83. The highest BCUT2D eigenvalue weighted by Crippen LogP contribution is 2.28. The van der Waals surface area contributed by atoms with Crippen molar-refractivity contribution >= 4 is 10.9 Å². The summed E-state index contributed by atoms with van der Waals surface area (Å²) in [7, 11) is 0. The maximum atomic E-state index is 5.96. The highest BCUT2D eigenvalue weighted by Gasteiger charge is 2.22. The fourth-order valence-corrected chi connectivity index (χ4v) is 2.80. The second kappa shape index (κ2) is 5.12. The fraction of sp³-hybridized carbons (Fsp3) is 0.467. The van der Waals surface area contributed by atoms with Crippen molar-refractivity contribution in [1.29, 1.82) is 0 Å². The van der Waals surface area contributed by atoms with E-state index in [1.807, 2.05) is 6.20 Å². The minimum Gasteiger partial charge on any atom is -0.371 e. The molecule has 3 nitrogen and oxygen atoms in total. The van der Waals surface area contributed by atoms with Crippen LogP contribution in [0.15, 0.2) is 30.5 Å². The molecular formula is C15H20N2O. The van der Waals surface area contributed by atoms with Crippen molar-refractivity contribution in [2.24, 2.45) is 0 Å². The number of hydrogen-bond donors (Lipinski definition) is 1. The number of hydrogen-bond acceptors (Lipinski definition) is 2. The lowest BCUT2D eigenvalue weighted by atomic mass is 10.0. The molecule has 96 valence electrons. The van der Waals surface area contributed by atoms with E-state index in [-0.39, 0.29) is 6.10 Å². The third kappa shape index (κ3) is 2.16. The molecule has 1 aromatic carbocycles. The Morgan fingerprint density at radius 2 is 2.33 bits per heavy atom. The molecule has 2 heterocycles. The summed E-state index contributed by atoms with van der Waals surface area (Å²) in [5.41, 5.74) is 2.51. The molecule has 1 saturated heterocycles. The molecule has 3 rings (SSSR count). The Labute approximate surface area is 108 Å². The Bertz CT molecular complexity index is 518. The van der Waals surface area contributed by atoms with Crippen LogP contribution in [-0.2, 0) is 4.74 Å². The lowest BCUT2D eigenvalue weighted by molar-refractivity contribution is -0.0291. The molecule has 0 spiro atoms. The average Bonchev–Trinajstić information content (AvgIpc) is 2.87. The predicted octanol–water partition coefficient (Wildman–Crippen LogP) is 2.95. The number of rotatable bonds is 3. The number of benzene rings is 1. The summed E-state index contributed by atoms with van der Waals surface area (Å²) in [4.78, 5) is 5.77.